The van der Waals surface area contributed by atoms with E-state index in [1.54, 1.807) is 0 Å². The first-order valence-electron chi connectivity index (χ1n) is 12.9. The van der Waals surface area contributed by atoms with E-state index in [2.05, 4.69) is 57.9 Å². The van der Waals surface area contributed by atoms with E-state index in [1.165, 1.54) is 11.3 Å². The average molecular weight is 498 g/mol. The van der Waals surface area contributed by atoms with Crippen LogP contribution in [0.15, 0.2) is 66.7 Å². The van der Waals surface area contributed by atoms with Crippen molar-refractivity contribution in [3.8, 4) is 5.75 Å². The molecule has 1 aliphatic heterocycles. The summed E-state index contributed by atoms with van der Waals surface area (Å²) >= 11 is 0. The Bertz CT molecular complexity index is 1350. The van der Waals surface area contributed by atoms with Gasteiger partial charge in [-0.15, -0.1) is 0 Å². The van der Waals surface area contributed by atoms with Crippen molar-refractivity contribution in [1.29, 1.82) is 0 Å². The first-order valence-corrected chi connectivity index (χ1v) is 12.9. The molecule has 0 saturated carbocycles. The van der Waals surface area contributed by atoms with Crippen LogP contribution in [0.2, 0.25) is 0 Å². The van der Waals surface area contributed by atoms with Crippen LogP contribution >= 0.6 is 0 Å². The van der Waals surface area contributed by atoms with Crippen molar-refractivity contribution in [2.45, 2.75) is 20.3 Å². The minimum atomic E-state index is -0.194. The Morgan fingerprint density at radius 3 is 2.30 bits per heavy atom. The Morgan fingerprint density at radius 2 is 1.59 bits per heavy atom. The number of rotatable bonds is 8. The first-order chi connectivity index (χ1) is 17.9. The van der Waals surface area contributed by atoms with Crippen LogP contribution in [0, 0.1) is 13.8 Å². The molecule has 3 aromatic carbocycles. The molecule has 192 valence electrons. The normalized spacial score (nSPS) is 14.2. The second-order valence-electron chi connectivity index (χ2n) is 9.85. The van der Waals surface area contributed by atoms with Gasteiger partial charge in [0.2, 0.25) is 0 Å². The number of imidazole rings is 1. The zero-order chi connectivity index (χ0) is 25.8. The molecule has 0 bridgehead atoms. The van der Waals surface area contributed by atoms with Gasteiger partial charge in [0.1, 0.15) is 11.6 Å². The van der Waals surface area contributed by atoms with Crippen molar-refractivity contribution in [1.82, 2.24) is 14.5 Å². The lowest BCUT2D eigenvalue weighted by molar-refractivity contribution is -0.118. The van der Waals surface area contributed by atoms with Crippen LogP contribution in [0.5, 0.6) is 5.75 Å². The summed E-state index contributed by atoms with van der Waals surface area (Å²) in [6.07, 6.45) is 0.891. The zero-order valence-corrected chi connectivity index (χ0v) is 21.9. The lowest BCUT2D eigenvalue weighted by Gasteiger charge is -2.36. The summed E-state index contributed by atoms with van der Waals surface area (Å²) in [6, 6.07) is 22.3. The number of piperazine rings is 1. The predicted octanol–water partition coefficient (Wildman–Crippen LogP) is 4.57. The van der Waals surface area contributed by atoms with Crippen LogP contribution in [-0.4, -0.2) is 59.7 Å². The third-order valence-corrected chi connectivity index (χ3v) is 7.07. The lowest BCUT2D eigenvalue weighted by atomic mass is 10.2. The fraction of sp³-hybridized carbons (Fsp3) is 0.333. The van der Waals surface area contributed by atoms with Crippen LogP contribution in [0.25, 0.3) is 11.0 Å². The van der Waals surface area contributed by atoms with Crippen LogP contribution < -0.4 is 15.0 Å². The number of amides is 1. The quantitative estimate of drug-likeness (QED) is 0.386. The highest BCUT2D eigenvalue weighted by molar-refractivity contribution is 5.94. The first kappa shape index (κ1) is 24.8. The van der Waals surface area contributed by atoms with E-state index in [4.69, 9.17) is 9.72 Å². The van der Waals surface area contributed by atoms with Gasteiger partial charge in [-0.1, -0.05) is 35.4 Å². The Morgan fingerprint density at radius 1 is 0.919 bits per heavy atom. The van der Waals surface area contributed by atoms with Crippen LogP contribution in [0.4, 0.5) is 11.4 Å². The maximum absolute atomic E-state index is 12.4. The Hall–Kier alpha value is -3.84. The van der Waals surface area contributed by atoms with E-state index in [0.717, 1.165) is 67.3 Å². The highest BCUT2D eigenvalue weighted by Crippen LogP contribution is 2.21. The summed E-state index contributed by atoms with van der Waals surface area (Å²) in [5.41, 5.74) is 6.44. The number of aryl methyl sites for hydroxylation is 3. The maximum Gasteiger partial charge on any atom is 0.262 e. The molecule has 1 fully saturated rings. The zero-order valence-electron chi connectivity index (χ0n) is 21.9. The topological polar surface area (TPSA) is 62.6 Å². The number of fused-ring (bicyclic) bond motifs is 1. The highest BCUT2D eigenvalue weighted by Gasteiger charge is 2.18. The molecule has 1 aliphatic rings. The van der Waals surface area contributed by atoms with Crippen LogP contribution in [0.1, 0.15) is 17.0 Å². The summed E-state index contributed by atoms with van der Waals surface area (Å²) in [7, 11) is 2.06. The molecule has 1 amide bonds. The standard InChI is InChI=1S/C30H35N5O2/c1-22-4-9-25(10-5-22)35-18-16-34(17-19-35)15-14-29-32-27-20-24(8-13-28(27)33(29)3)31-30(36)21-37-26-11-6-23(2)7-12-26/h4-13,20H,14-19,21H2,1-3H3,(H,31,36). The lowest BCUT2D eigenvalue weighted by Crippen LogP contribution is -2.47. The maximum atomic E-state index is 12.4. The molecule has 1 saturated heterocycles. The van der Waals surface area contributed by atoms with Gasteiger partial charge >= 0.3 is 0 Å². The molecular weight excluding hydrogens is 462 g/mol. The van der Waals surface area contributed by atoms with Gasteiger partial charge in [0.05, 0.1) is 11.0 Å². The van der Waals surface area contributed by atoms with Crippen molar-refractivity contribution in [2.24, 2.45) is 7.05 Å². The van der Waals surface area contributed by atoms with Gasteiger partial charge in [-0.05, 0) is 56.3 Å². The Balaban J connectivity index is 1.13. The fourth-order valence-electron chi connectivity index (χ4n) is 4.77. The molecule has 0 radical (unpaired) electrons. The summed E-state index contributed by atoms with van der Waals surface area (Å²) in [4.78, 5) is 22.3. The largest absolute Gasteiger partial charge is 0.484 e. The Labute approximate surface area is 218 Å². The molecule has 37 heavy (non-hydrogen) atoms. The van der Waals surface area contributed by atoms with Crippen LogP contribution in [0.3, 0.4) is 0 Å². The third-order valence-electron chi connectivity index (χ3n) is 7.07. The van der Waals surface area contributed by atoms with Gasteiger partial charge in [-0.25, -0.2) is 4.98 Å². The van der Waals surface area contributed by atoms with Gasteiger partial charge in [-0.2, -0.15) is 0 Å². The van der Waals surface area contributed by atoms with Crippen LogP contribution in [-0.2, 0) is 18.3 Å². The number of nitrogens with one attached hydrogen (secondary N) is 1. The number of carbonyl (C=O) groups excluding carboxylic acids is 1. The summed E-state index contributed by atoms with van der Waals surface area (Å²) in [5, 5.41) is 2.92. The monoisotopic (exact) mass is 497 g/mol. The van der Waals surface area contributed by atoms with E-state index in [-0.39, 0.29) is 12.5 Å². The van der Waals surface area contributed by atoms with Crippen molar-refractivity contribution >= 4 is 28.3 Å². The molecule has 5 rings (SSSR count). The molecule has 4 aromatic rings. The summed E-state index contributed by atoms with van der Waals surface area (Å²) in [5.74, 6) is 1.55. The van der Waals surface area contributed by atoms with Gasteiger partial charge in [0.15, 0.2) is 6.61 Å². The third kappa shape index (κ3) is 6.12. The second kappa shape index (κ2) is 11.0. The van der Waals surface area contributed by atoms with E-state index >= 15 is 0 Å². The molecular formula is C30H35N5O2. The molecule has 0 spiro atoms. The van der Waals surface area contributed by atoms with Gasteiger partial charge in [0.25, 0.3) is 5.91 Å². The van der Waals surface area contributed by atoms with Crippen molar-refractivity contribution in [2.75, 3.05) is 49.5 Å². The fourth-order valence-corrected chi connectivity index (χ4v) is 4.77. The van der Waals surface area contributed by atoms with E-state index in [9.17, 15) is 4.79 Å². The second-order valence-corrected chi connectivity index (χ2v) is 9.85. The Kier molecular flexibility index (Phi) is 7.42. The van der Waals surface area contributed by atoms with E-state index in [1.807, 2.05) is 49.4 Å². The molecule has 0 unspecified atom stereocenters. The van der Waals surface area contributed by atoms with Crippen molar-refractivity contribution in [3.63, 3.8) is 0 Å². The molecule has 2 heterocycles. The molecule has 0 aliphatic carbocycles. The molecule has 1 aromatic heterocycles. The number of aromatic nitrogens is 2. The minimum Gasteiger partial charge on any atom is -0.484 e. The number of benzene rings is 3. The number of nitrogens with zero attached hydrogens (tertiary/aromatic N) is 4. The van der Waals surface area contributed by atoms with Gasteiger partial charge in [0, 0.05) is 57.6 Å². The number of carbonyl (C=O) groups is 1. The number of ether oxygens (including phenoxy) is 1. The van der Waals surface area contributed by atoms with Gasteiger partial charge < -0.3 is 19.5 Å². The van der Waals surface area contributed by atoms with E-state index in [0.29, 0.717) is 5.75 Å². The predicted molar refractivity (Wildman–Crippen MR) is 150 cm³/mol. The average Bonchev–Trinajstić information content (AvgIpc) is 3.22. The minimum absolute atomic E-state index is 0.0360. The van der Waals surface area contributed by atoms with Crippen molar-refractivity contribution < 1.29 is 9.53 Å². The summed E-state index contributed by atoms with van der Waals surface area (Å²) in [6.45, 7) is 9.29. The SMILES string of the molecule is Cc1ccc(OCC(=O)Nc2ccc3c(c2)nc(CCN2CCN(c4ccc(C)cc4)CC2)n3C)cc1. The smallest absolute Gasteiger partial charge is 0.262 e. The van der Waals surface area contributed by atoms with E-state index < -0.39 is 0 Å². The molecule has 7 nitrogen and oxygen atoms in total. The molecule has 1 N–H and O–H groups in total. The van der Waals surface area contributed by atoms with Gasteiger partial charge in [-0.3, -0.25) is 9.69 Å². The summed E-state index contributed by atoms with van der Waals surface area (Å²) < 4.78 is 7.75. The molecule has 0 atom stereocenters. The number of anilines is 2. The molecule has 7 heteroatoms. The van der Waals surface area contributed by atoms with Crippen molar-refractivity contribution in [3.05, 3.63) is 83.7 Å². The number of hydrogen-bond acceptors (Lipinski definition) is 5. The number of hydrogen-bond donors (Lipinski definition) is 1. The highest BCUT2D eigenvalue weighted by atomic mass is 16.5.